The van der Waals surface area contributed by atoms with Crippen LogP contribution in [0.25, 0.3) is 0 Å². The maximum Gasteiger partial charge on any atom is 0.411 e. The van der Waals surface area contributed by atoms with Crippen molar-refractivity contribution >= 4 is 17.9 Å². The van der Waals surface area contributed by atoms with Gasteiger partial charge in [0.05, 0.1) is 12.6 Å². The van der Waals surface area contributed by atoms with E-state index in [0.717, 1.165) is 24.0 Å². The van der Waals surface area contributed by atoms with Crippen LogP contribution in [0.3, 0.4) is 0 Å². The summed E-state index contributed by atoms with van der Waals surface area (Å²) in [5.74, 6) is -0.723. The summed E-state index contributed by atoms with van der Waals surface area (Å²) in [6.45, 7) is 10.6. The molecule has 2 aliphatic rings. The van der Waals surface area contributed by atoms with Gasteiger partial charge in [0.2, 0.25) is 11.8 Å². The lowest BCUT2D eigenvalue weighted by Crippen LogP contribution is -2.58. The maximum absolute atomic E-state index is 13.4. The molecule has 1 fully saturated rings. The Morgan fingerprint density at radius 3 is 2.48 bits per heavy atom. The highest BCUT2D eigenvalue weighted by Gasteiger charge is 2.38. The van der Waals surface area contributed by atoms with Crippen molar-refractivity contribution in [2.45, 2.75) is 84.2 Å². The first-order valence-electron chi connectivity index (χ1n) is 11.8. The van der Waals surface area contributed by atoms with Crippen molar-refractivity contribution in [2.75, 3.05) is 13.2 Å². The summed E-state index contributed by atoms with van der Waals surface area (Å²) in [7, 11) is 0. The van der Waals surface area contributed by atoms with Crippen molar-refractivity contribution in [3.8, 4) is 0 Å². The van der Waals surface area contributed by atoms with E-state index in [1.165, 1.54) is 4.90 Å². The molecule has 0 bridgehead atoms. The monoisotopic (exact) mass is 459 g/mol. The number of nitrogens with one attached hydrogen (secondary N) is 2. The topological polar surface area (TPSA) is 97.0 Å². The first kappa shape index (κ1) is 25.0. The zero-order valence-electron chi connectivity index (χ0n) is 20.3. The first-order valence-corrected chi connectivity index (χ1v) is 11.8. The molecule has 1 saturated heterocycles. The van der Waals surface area contributed by atoms with E-state index < -0.39 is 23.8 Å². The molecule has 0 aliphatic carbocycles. The fourth-order valence-electron chi connectivity index (χ4n) is 4.18. The van der Waals surface area contributed by atoms with Gasteiger partial charge in [0, 0.05) is 19.6 Å². The third-order valence-corrected chi connectivity index (χ3v) is 5.95. The molecule has 0 aromatic heterocycles. The van der Waals surface area contributed by atoms with Gasteiger partial charge < -0.3 is 20.1 Å². The van der Waals surface area contributed by atoms with Crippen molar-refractivity contribution in [2.24, 2.45) is 5.92 Å². The van der Waals surface area contributed by atoms with E-state index in [1.807, 2.05) is 38.1 Å². The maximum atomic E-state index is 13.4. The summed E-state index contributed by atoms with van der Waals surface area (Å²) >= 11 is 0. The lowest BCUT2D eigenvalue weighted by molar-refractivity contribution is -0.133. The van der Waals surface area contributed by atoms with Crippen molar-refractivity contribution in [1.82, 2.24) is 15.5 Å². The van der Waals surface area contributed by atoms with E-state index in [9.17, 15) is 14.4 Å². The van der Waals surface area contributed by atoms with E-state index >= 15 is 0 Å². The Hall–Kier alpha value is -2.61. The molecule has 8 nitrogen and oxygen atoms in total. The number of amides is 3. The molecule has 0 spiro atoms. The van der Waals surface area contributed by atoms with E-state index in [2.05, 4.69) is 10.6 Å². The average molecular weight is 460 g/mol. The van der Waals surface area contributed by atoms with Crippen LogP contribution in [0.15, 0.2) is 24.3 Å². The number of hydrogen-bond acceptors (Lipinski definition) is 5. The summed E-state index contributed by atoms with van der Waals surface area (Å²) in [5, 5.41) is 5.81. The molecule has 8 heteroatoms. The molecule has 3 atom stereocenters. The number of carbonyl (C=O) groups is 3. The number of rotatable bonds is 6. The highest BCUT2D eigenvalue weighted by Crippen LogP contribution is 2.26. The summed E-state index contributed by atoms with van der Waals surface area (Å²) in [6, 6.07) is 6.29. The minimum absolute atomic E-state index is 0.0231. The number of hydrogen-bond donors (Lipinski definition) is 2. The zero-order valence-corrected chi connectivity index (χ0v) is 20.3. The summed E-state index contributed by atoms with van der Waals surface area (Å²) in [4.78, 5) is 40.7. The Bertz CT molecular complexity index is 858. The highest BCUT2D eigenvalue weighted by molar-refractivity contribution is 5.92. The molecule has 1 aromatic carbocycles. The second-order valence-electron chi connectivity index (χ2n) is 10.2. The van der Waals surface area contributed by atoms with Crippen LogP contribution in [-0.2, 0) is 32.0 Å². The third-order valence-electron chi connectivity index (χ3n) is 5.95. The van der Waals surface area contributed by atoms with Gasteiger partial charge in [-0.1, -0.05) is 38.1 Å². The Balaban J connectivity index is 1.74. The molecule has 2 N–H and O–H groups in total. The van der Waals surface area contributed by atoms with Crippen LogP contribution in [-0.4, -0.2) is 59.7 Å². The lowest BCUT2D eigenvalue weighted by Gasteiger charge is -2.37. The van der Waals surface area contributed by atoms with Crippen LogP contribution in [0.5, 0.6) is 0 Å². The predicted molar refractivity (Wildman–Crippen MR) is 124 cm³/mol. The molecule has 33 heavy (non-hydrogen) atoms. The van der Waals surface area contributed by atoms with Gasteiger partial charge in [-0.2, -0.15) is 0 Å². The molecule has 2 aliphatic heterocycles. The molecular formula is C25H37N3O5. The normalized spacial score (nSPS) is 21.3. The zero-order chi connectivity index (χ0) is 24.2. The highest BCUT2D eigenvalue weighted by atomic mass is 16.6. The van der Waals surface area contributed by atoms with E-state index in [-0.39, 0.29) is 30.4 Å². The Labute approximate surface area is 196 Å². The van der Waals surface area contributed by atoms with Gasteiger partial charge >= 0.3 is 6.09 Å². The van der Waals surface area contributed by atoms with E-state index in [4.69, 9.17) is 9.47 Å². The predicted octanol–water partition coefficient (Wildman–Crippen LogP) is 2.78. The largest absolute Gasteiger partial charge is 0.444 e. The van der Waals surface area contributed by atoms with Gasteiger partial charge in [0.15, 0.2) is 0 Å². The van der Waals surface area contributed by atoms with E-state index in [1.54, 1.807) is 20.8 Å². The smallest absolute Gasteiger partial charge is 0.411 e. The van der Waals surface area contributed by atoms with E-state index in [0.29, 0.717) is 19.6 Å². The van der Waals surface area contributed by atoms with Crippen molar-refractivity contribution in [3.05, 3.63) is 35.4 Å². The van der Waals surface area contributed by atoms with Crippen molar-refractivity contribution in [3.63, 3.8) is 0 Å². The fourth-order valence-corrected chi connectivity index (χ4v) is 4.18. The van der Waals surface area contributed by atoms with Crippen LogP contribution >= 0.6 is 0 Å². The molecule has 3 amide bonds. The molecule has 182 valence electrons. The van der Waals surface area contributed by atoms with Gasteiger partial charge in [0.1, 0.15) is 17.7 Å². The van der Waals surface area contributed by atoms with Gasteiger partial charge in [-0.25, -0.2) is 4.79 Å². The molecule has 3 rings (SSSR count). The Morgan fingerprint density at radius 2 is 1.88 bits per heavy atom. The molecule has 0 radical (unpaired) electrons. The quantitative estimate of drug-likeness (QED) is 0.682. The van der Waals surface area contributed by atoms with Gasteiger partial charge in [-0.05, 0) is 50.7 Å². The number of benzene rings is 1. The standard InChI is InChI=1S/C25H37N3O5/c1-16(2)21(23(30)26-14-19-11-8-12-32-19)27-22(29)20-13-17-9-6-7-10-18(17)15-28(20)24(31)33-25(3,4)5/h6-7,9-10,16,19-21H,8,11-15H2,1-5H3,(H,26,30)(H,27,29)/t19?,20-,21-/m0/s1. The summed E-state index contributed by atoms with van der Waals surface area (Å²) < 4.78 is 11.2. The van der Waals surface area contributed by atoms with Crippen LogP contribution in [0.1, 0.15) is 58.6 Å². The second kappa shape index (κ2) is 10.5. The summed E-state index contributed by atoms with van der Waals surface area (Å²) in [6.07, 6.45) is 1.76. The number of fused-ring (bicyclic) bond motifs is 1. The SMILES string of the molecule is CC(C)[C@H](NC(=O)[C@@H]1Cc2ccccc2CN1C(=O)OC(C)(C)C)C(=O)NCC1CCCO1. The minimum atomic E-state index is -0.762. The second-order valence-corrected chi connectivity index (χ2v) is 10.2. The van der Waals surface area contributed by atoms with Crippen molar-refractivity contribution < 1.29 is 23.9 Å². The summed E-state index contributed by atoms with van der Waals surface area (Å²) in [5.41, 5.74) is 1.32. The third kappa shape index (κ3) is 6.69. The van der Waals surface area contributed by atoms with Crippen LogP contribution in [0.4, 0.5) is 4.79 Å². The van der Waals surface area contributed by atoms with Crippen molar-refractivity contribution in [1.29, 1.82) is 0 Å². The average Bonchev–Trinajstić information content (AvgIpc) is 3.27. The van der Waals surface area contributed by atoms with Crippen LogP contribution in [0, 0.1) is 5.92 Å². The Kier molecular flexibility index (Phi) is 8.00. The fraction of sp³-hybridized carbons (Fsp3) is 0.640. The van der Waals surface area contributed by atoms with Crippen LogP contribution in [0.2, 0.25) is 0 Å². The minimum Gasteiger partial charge on any atom is -0.444 e. The Morgan fingerprint density at radius 1 is 1.18 bits per heavy atom. The first-order chi connectivity index (χ1) is 15.5. The van der Waals surface area contributed by atoms with Crippen LogP contribution < -0.4 is 10.6 Å². The lowest BCUT2D eigenvalue weighted by atomic mass is 9.93. The number of ether oxygens (including phenoxy) is 2. The number of nitrogens with zero attached hydrogens (tertiary/aromatic N) is 1. The number of carbonyl (C=O) groups excluding carboxylic acids is 3. The molecule has 1 aromatic rings. The molecular weight excluding hydrogens is 422 g/mol. The van der Waals surface area contributed by atoms with Gasteiger partial charge in [0.25, 0.3) is 0 Å². The molecule has 0 saturated carbocycles. The van der Waals surface area contributed by atoms with Gasteiger partial charge in [-0.15, -0.1) is 0 Å². The molecule has 2 heterocycles. The van der Waals surface area contributed by atoms with Gasteiger partial charge in [-0.3, -0.25) is 14.5 Å². The molecule has 1 unspecified atom stereocenters.